The minimum absolute atomic E-state index is 0.152. The van der Waals surface area contributed by atoms with Crippen LogP contribution in [0.5, 0.6) is 0 Å². The van der Waals surface area contributed by atoms with Crippen LogP contribution in [0.25, 0.3) is 6.08 Å². The normalized spacial score (nSPS) is 20.8. The minimum atomic E-state index is -1.10. The molecule has 4 nitrogen and oxygen atoms in total. The number of ether oxygens (including phenoxy) is 2. The highest BCUT2D eigenvalue weighted by molar-refractivity contribution is 6.18. The van der Waals surface area contributed by atoms with Crippen LogP contribution in [0, 0.1) is 5.82 Å². The minimum Gasteiger partial charge on any atom is -0.419 e. The summed E-state index contributed by atoms with van der Waals surface area (Å²) in [4.78, 5) is 23.9. The lowest BCUT2D eigenvalue weighted by atomic mass is 10.1. The first-order valence-electron chi connectivity index (χ1n) is 6.53. The molecule has 0 bridgehead atoms. The lowest BCUT2D eigenvalue weighted by molar-refractivity contribution is -0.232. The van der Waals surface area contributed by atoms with E-state index in [4.69, 9.17) is 9.47 Å². The molecule has 20 heavy (non-hydrogen) atoms. The third kappa shape index (κ3) is 2.19. The molecule has 1 heterocycles. The molecule has 1 aromatic carbocycles. The van der Waals surface area contributed by atoms with Gasteiger partial charge >= 0.3 is 11.9 Å². The summed E-state index contributed by atoms with van der Waals surface area (Å²) in [6.07, 6.45) is 3.93. The highest BCUT2D eigenvalue weighted by atomic mass is 19.1. The first-order chi connectivity index (χ1) is 9.60. The molecule has 0 radical (unpaired) electrons. The molecule has 2 fully saturated rings. The molecular weight excluding hydrogens is 263 g/mol. The van der Waals surface area contributed by atoms with Crippen LogP contribution in [0.2, 0.25) is 0 Å². The van der Waals surface area contributed by atoms with Crippen molar-refractivity contribution < 1.29 is 23.5 Å². The third-order valence-corrected chi connectivity index (χ3v) is 3.57. The Kier molecular flexibility index (Phi) is 3.04. The summed E-state index contributed by atoms with van der Waals surface area (Å²) in [7, 11) is 0. The van der Waals surface area contributed by atoms with Crippen LogP contribution < -0.4 is 0 Å². The van der Waals surface area contributed by atoms with Gasteiger partial charge in [-0.25, -0.2) is 14.0 Å². The van der Waals surface area contributed by atoms with Crippen molar-refractivity contribution in [3.05, 3.63) is 41.2 Å². The standard InChI is InChI=1S/C15H13FO4/c16-12-6-2-1-5-10(12)9-11-13(17)19-15(20-14(11)18)7-3-4-8-15/h1-2,5-6,9H,3-4,7-8H2. The van der Waals surface area contributed by atoms with E-state index in [0.29, 0.717) is 12.8 Å². The van der Waals surface area contributed by atoms with Gasteiger partial charge in [-0.05, 0) is 25.0 Å². The highest BCUT2D eigenvalue weighted by Gasteiger charge is 2.47. The van der Waals surface area contributed by atoms with Gasteiger partial charge in [-0.1, -0.05) is 18.2 Å². The van der Waals surface area contributed by atoms with Crippen molar-refractivity contribution in [2.24, 2.45) is 0 Å². The van der Waals surface area contributed by atoms with Crippen LogP contribution in [-0.2, 0) is 19.1 Å². The van der Waals surface area contributed by atoms with Gasteiger partial charge in [-0.15, -0.1) is 0 Å². The van der Waals surface area contributed by atoms with Crippen molar-refractivity contribution >= 4 is 18.0 Å². The van der Waals surface area contributed by atoms with E-state index >= 15 is 0 Å². The maximum Gasteiger partial charge on any atom is 0.348 e. The van der Waals surface area contributed by atoms with Crippen LogP contribution in [0.1, 0.15) is 31.2 Å². The van der Waals surface area contributed by atoms with Gasteiger partial charge in [-0.3, -0.25) is 0 Å². The Hall–Kier alpha value is -2.17. The molecule has 0 N–H and O–H groups in total. The van der Waals surface area contributed by atoms with Gasteiger partial charge < -0.3 is 9.47 Å². The predicted octanol–water partition coefficient (Wildman–Crippen LogP) is 2.58. The monoisotopic (exact) mass is 276 g/mol. The molecule has 0 aromatic heterocycles. The van der Waals surface area contributed by atoms with Gasteiger partial charge in [0.25, 0.3) is 5.79 Å². The number of rotatable bonds is 1. The average Bonchev–Trinajstić information content (AvgIpc) is 2.84. The van der Waals surface area contributed by atoms with Gasteiger partial charge in [-0.2, -0.15) is 0 Å². The Morgan fingerprint density at radius 3 is 2.25 bits per heavy atom. The van der Waals surface area contributed by atoms with Crippen molar-refractivity contribution in [2.75, 3.05) is 0 Å². The second kappa shape index (κ2) is 4.74. The summed E-state index contributed by atoms with van der Waals surface area (Å²) >= 11 is 0. The second-order valence-corrected chi connectivity index (χ2v) is 4.98. The van der Waals surface area contributed by atoms with E-state index in [9.17, 15) is 14.0 Å². The first-order valence-corrected chi connectivity index (χ1v) is 6.53. The Morgan fingerprint density at radius 1 is 1.05 bits per heavy atom. The fourth-order valence-corrected chi connectivity index (χ4v) is 2.54. The van der Waals surface area contributed by atoms with Gasteiger partial charge in [0.15, 0.2) is 0 Å². The topological polar surface area (TPSA) is 52.6 Å². The fourth-order valence-electron chi connectivity index (χ4n) is 2.54. The smallest absolute Gasteiger partial charge is 0.348 e. The summed E-state index contributed by atoms with van der Waals surface area (Å²) < 4.78 is 24.1. The molecule has 3 rings (SSSR count). The molecule has 1 saturated carbocycles. The zero-order valence-electron chi connectivity index (χ0n) is 10.7. The van der Waals surface area contributed by atoms with Gasteiger partial charge in [0, 0.05) is 18.4 Å². The van der Waals surface area contributed by atoms with Crippen LogP contribution in [0.15, 0.2) is 29.8 Å². The Morgan fingerprint density at radius 2 is 1.65 bits per heavy atom. The van der Waals surface area contributed by atoms with E-state index < -0.39 is 23.5 Å². The third-order valence-electron chi connectivity index (χ3n) is 3.57. The molecule has 0 amide bonds. The maximum absolute atomic E-state index is 13.5. The van der Waals surface area contributed by atoms with Crippen LogP contribution in [0.3, 0.4) is 0 Å². The zero-order chi connectivity index (χ0) is 14.2. The lowest BCUT2D eigenvalue weighted by Gasteiger charge is -2.32. The van der Waals surface area contributed by atoms with E-state index in [1.807, 2.05) is 0 Å². The molecule has 1 aliphatic heterocycles. The fraction of sp³-hybridized carbons (Fsp3) is 0.333. The summed E-state index contributed by atoms with van der Waals surface area (Å²) in [5, 5.41) is 0. The summed E-state index contributed by atoms with van der Waals surface area (Å²) in [5.74, 6) is -3.10. The Bertz CT molecular complexity index is 578. The van der Waals surface area contributed by atoms with Crippen molar-refractivity contribution in [2.45, 2.75) is 31.5 Å². The molecule has 1 aliphatic carbocycles. The molecule has 104 valence electrons. The van der Waals surface area contributed by atoms with Gasteiger partial charge in [0.05, 0.1) is 0 Å². The number of esters is 2. The zero-order valence-corrected chi connectivity index (χ0v) is 10.7. The second-order valence-electron chi connectivity index (χ2n) is 4.98. The average molecular weight is 276 g/mol. The molecule has 2 aliphatic rings. The quantitative estimate of drug-likeness (QED) is 0.449. The van der Waals surface area contributed by atoms with Crippen LogP contribution >= 0.6 is 0 Å². The number of halogens is 1. The molecule has 1 spiro atoms. The Labute approximate surface area is 115 Å². The molecule has 5 heteroatoms. The number of carbonyl (C=O) groups excluding carboxylic acids is 2. The van der Waals surface area contributed by atoms with E-state index in [2.05, 4.69) is 0 Å². The van der Waals surface area contributed by atoms with Gasteiger partial charge in [0.1, 0.15) is 11.4 Å². The van der Waals surface area contributed by atoms with Crippen LogP contribution in [0.4, 0.5) is 4.39 Å². The number of carbonyl (C=O) groups is 2. The maximum atomic E-state index is 13.5. The van der Waals surface area contributed by atoms with E-state index in [0.717, 1.165) is 12.8 Å². The molecule has 0 atom stereocenters. The lowest BCUT2D eigenvalue weighted by Crippen LogP contribution is -2.44. The predicted molar refractivity (Wildman–Crippen MR) is 67.8 cm³/mol. The summed E-state index contributed by atoms with van der Waals surface area (Å²) in [5.41, 5.74) is -0.119. The molecular formula is C15H13FO4. The van der Waals surface area contributed by atoms with Crippen molar-refractivity contribution in [3.63, 3.8) is 0 Å². The SMILES string of the molecule is O=C1OC2(CCCC2)OC(=O)C1=Cc1ccccc1F. The number of benzene rings is 1. The molecule has 0 unspecified atom stereocenters. The van der Waals surface area contributed by atoms with Crippen molar-refractivity contribution in [3.8, 4) is 0 Å². The number of hydrogen-bond acceptors (Lipinski definition) is 4. The summed E-state index contributed by atoms with van der Waals surface area (Å²) in [6, 6.07) is 5.88. The number of hydrogen-bond donors (Lipinski definition) is 0. The first kappa shape index (κ1) is 12.8. The van der Waals surface area contributed by atoms with E-state index in [1.165, 1.54) is 24.3 Å². The largest absolute Gasteiger partial charge is 0.419 e. The van der Waals surface area contributed by atoms with Crippen LogP contribution in [-0.4, -0.2) is 17.7 Å². The highest BCUT2D eigenvalue weighted by Crippen LogP contribution is 2.38. The van der Waals surface area contributed by atoms with E-state index in [1.54, 1.807) is 6.07 Å². The van der Waals surface area contributed by atoms with E-state index in [-0.39, 0.29) is 11.1 Å². The van der Waals surface area contributed by atoms with Crippen molar-refractivity contribution in [1.29, 1.82) is 0 Å². The van der Waals surface area contributed by atoms with Crippen molar-refractivity contribution in [1.82, 2.24) is 0 Å². The van der Waals surface area contributed by atoms with Gasteiger partial charge in [0.2, 0.25) is 0 Å². The molecule has 1 saturated heterocycles. The molecule has 1 aromatic rings. The Balaban J connectivity index is 1.90. The summed E-state index contributed by atoms with van der Waals surface area (Å²) in [6.45, 7) is 0.